The second-order valence-electron chi connectivity index (χ2n) is 9.42. The van der Waals surface area contributed by atoms with E-state index in [9.17, 15) is 9.59 Å². The summed E-state index contributed by atoms with van der Waals surface area (Å²) in [6.45, 7) is 2.81. The molecule has 31 heavy (non-hydrogen) atoms. The van der Waals surface area contributed by atoms with E-state index in [0.29, 0.717) is 32.3 Å². The van der Waals surface area contributed by atoms with Crippen LogP contribution in [0.5, 0.6) is 0 Å². The Kier molecular flexibility index (Phi) is 18.8. The first kappa shape index (κ1) is 28.0. The monoisotopic (exact) mass is 438 g/mol. The van der Waals surface area contributed by atoms with Crippen LogP contribution in [-0.4, -0.2) is 24.6 Å². The molecule has 0 aliphatic heterocycles. The molecule has 0 spiro atoms. The minimum absolute atomic E-state index is 0.104. The summed E-state index contributed by atoms with van der Waals surface area (Å²) in [6, 6.07) is 0. The average molecular weight is 439 g/mol. The number of ether oxygens (including phenoxy) is 2. The Hall–Kier alpha value is -1.06. The summed E-state index contributed by atoms with van der Waals surface area (Å²) in [5.41, 5.74) is 0. The zero-order chi connectivity index (χ0) is 22.4. The van der Waals surface area contributed by atoms with Gasteiger partial charge < -0.3 is 9.47 Å². The van der Waals surface area contributed by atoms with Gasteiger partial charge in [0.1, 0.15) is 6.10 Å². The lowest BCUT2D eigenvalue weighted by Crippen LogP contribution is -2.20. The largest absolute Gasteiger partial charge is 0.466 e. The molecule has 0 saturated heterocycles. The van der Waals surface area contributed by atoms with Crippen LogP contribution in [0.4, 0.5) is 0 Å². The summed E-state index contributed by atoms with van der Waals surface area (Å²) in [6.07, 6.45) is 25.1. The second kappa shape index (κ2) is 20.8. The number of hydrogen-bond donors (Lipinski definition) is 0. The van der Waals surface area contributed by atoms with Gasteiger partial charge in [-0.15, -0.1) is 0 Å². The normalized spacial score (nSPS) is 14.5. The molecule has 0 aromatic carbocycles. The van der Waals surface area contributed by atoms with Crippen LogP contribution in [-0.2, 0) is 19.1 Å². The molecule has 1 saturated carbocycles. The molecule has 1 rings (SSSR count). The van der Waals surface area contributed by atoms with E-state index in [1.807, 2.05) is 0 Å². The van der Waals surface area contributed by atoms with Crippen LogP contribution in [0, 0.1) is 0 Å². The Balaban J connectivity index is 1.78. The molecule has 182 valence electrons. The van der Waals surface area contributed by atoms with Gasteiger partial charge in [0.05, 0.1) is 6.61 Å². The van der Waals surface area contributed by atoms with E-state index in [0.717, 1.165) is 25.7 Å². The summed E-state index contributed by atoms with van der Waals surface area (Å²) >= 11 is 0. The van der Waals surface area contributed by atoms with Crippen molar-refractivity contribution in [2.45, 2.75) is 154 Å². The molecule has 0 heterocycles. The van der Waals surface area contributed by atoms with Crippen molar-refractivity contribution in [3.8, 4) is 0 Å². The van der Waals surface area contributed by atoms with Crippen LogP contribution in [0.1, 0.15) is 148 Å². The first-order chi connectivity index (χ1) is 15.2. The van der Waals surface area contributed by atoms with E-state index >= 15 is 0 Å². The highest BCUT2D eigenvalue weighted by Gasteiger charge is 2.17. The van der Waals surface area contributed by atoms with E-state index in [4.69, 9.17) is 9.47 Å². The number of carbonyl (C=O) groups is 2. The lowest BCUT2D eigenvalue weighted by Gasteiger charge is -2.21. The van der Waals surface area contributed by atoms with Gasteiger partial charge in [-0.3, -0.25) is 9.59 Å². The van der Waals surface area contributed by atoms with Gasteiger partial charge in [0.25, 0.3) is 0 Å². The Morgan fingerprint density at radius 2 is 1.10 bits per heavy atom. The molecular formula is C27H50O4. The number of unbranched alkanes of at least 4 members (excludes halogenated alkanes) is 13. The van der Waals surface area contributed by atoms with Gasteiger partial charge in [0.15, 0.2) is 0 Å². The maximum Gasteiger partial charge on any atom is 0.306 e. The second-order valence-corrected chi connectivity index (χ2v) is 9.42. The Morgan fingerprint density at radius 1 is 0.613 bits per heavy atom. The van der Waals surface area contributed by atoms with Gasteiger partial charge in [-0.25, -0.2) is 0 Å². The van der Waals surface area contributed by atoms with Crippen molar-refractivity contribution in [3.05, 3.63) is 0 Å². The first-order valence-electron chi connectivity index (χ1n) is 13.6. The highest BCUT2D eigenvalue weighted by atomic mass is 16.5. The lowest BCUT2D eigenvalue weighted by molar-refractivity contribution is -0.151. The third kappa shape index (κ3) is 18.2. The van der Waals surface area contributed by atoms with Crippen LogP contribution >= 0.6 is 0 Å². The standard InChI is InChI=1S/C27H50O4/c1-2-3-4-5-6-7-8-9-10-11-12-13-19-24-30-26(28)22-17-18-23-27(29)31-25-20-15-14-16-21-25/h25H,2-24H2,1H3. The van der Waals surface area contributed by atoms with Crippen LogP contribution in [0.2, 0.25) is 0 Å². The summed E-state index contributed by atoms with van der Waals surface area (Å²) in [4.78, 5) is 23.6. The van der Waals surface area contributed by atoms with Crippen LogP contribution in [0.25, 0.3) is 0 Å². The zero-order valence-electron chi connectivity index (χ0n) is 20.5. The summed E-state index contributed by atoms with van der Waals surface area (Å²) in [7, 11) is 0. The third-order valence-corrected chi connectivity index (χ3v) is 6.37. The average Bonchev–Trinajstić information content (AvgIpc) is 2.77. The first-order valence-corrected chi connectivity index (χ1v) is 13.6. The molecular weight excluding hydrogens is 388 g/mol. The fraction of sp³-hybridized carbons (Fsp3) is 0.926. The molecule has 1 aliphatic carbocycles. The number of carbonyl (C=O) groups excluding carboxylic acids is 2. The molecule has 4 heteroatoms. The van der Waals surface area contributed by atoms with Crippen molar-refractivity contribution in [2.75, 3.05) is 6.61 Å². The predicted molar refractivity (Wildman–Crippen MR) is 128 cm³/mol. The SMILES string of the molecule is CCCCCCCCCCCCCCCOC(=O)CCCCC(=O)OC1CCCCC1. The highest BCUT2D eigenvalue weighted by Crippen LogP contribution is 2.21. The summed E-state index contributed by atoms with van der Waals surface area (Å²) in [5, 5.41) is 0. The minimum atomic E-state index is -0.125. The smallest absolute Gasteiger partial charge is 0.306 e. The molecule has 0 aromatic heterocycles. The van der Waals surface area contributed by atoms with Gasteiger partial charge in [-0.05, 0) is 44.9 Å². The molecule has 4 nitrogen and oxygen atoms in total. The van der Waals surface area contributed by atoms with Crippen molar-refractivity contribution >= 4 is 11.9 Å². The lowest BCUT2D eigenvalue weighted by atomic mass is 9.98. The van der Waals surface area contributed by atoms with Crippen LogP contribution in [0.15, 0.2) is 0 Å². The molecule has 0 aromatic rings. The quantitative estimate of drug-likeness (QED) is 0.142. The molecule has 1 aliphatic rings. The molecule has 0 bridgehead atoms. The van der Waals surface area contributed by atoms with Gasteiger partial charge in [0.2, 0.25) is 0 Å². The number of esters is 2. The third-order valence-electron chi connectivity index (χ3n) is 6.37. The fourth-order valence-corrected chi connectivity index (χ4v) is 4.34. The Labute approximate surface area is 192 Å². The topological polar surface area (TPSA) is 52.6 Å². The van der Waals surface area contributed by atoms with E-state index in [1.54, 1.807) is 0 Å². The van der Waals surface area contributed by atoms with Crippen LogP contribution < -0.4 is 0 Å². The molecule has 1 fully saturated rings. The van der Waals surface area contributed by atoms with Gasteiger partial charge in [0, 0.05) is 12.8 Å². The Bertz CT molecular complexity index is 429. The molecule has 0 radical (unpaired) electrons. The minimum Gasteiger partial charge on any atom is -0.466 e. The van der Waals surface area contributed by atoms with Gasteiger partial charge >= 0.3 is 11.9 Å². The molecule has 0 N–H and O–H groups in total. The van der Waals surface area contributed by atoms with E-state index < -0.39 is 0 Å². The highest BCUT2D eigenvalue weighted by molar-refractivity contribution is 5.70. The summed E-state index contributed by atoms with van der Waals surface area (Å²) in [5.74, 6) is -0.230. The molecule has 0 unspecified atom stereocenters. The fourth-order valence-electron chi connectivity index (χ4n) is 4.34. The van der Waals surface area contributed by atoms with Gasteiger partial charge in [-0.2, -0.15) is 0 Å². The number of hydrogen-bond acceptors (Lipinski definition) is 4. The van der Waals surface area contributed by atoms with Crippen molar-refractivity contribution in [1.29, 1.82) is 0 Å². The maximum atomic E-state index is 11.8. The van der Waals surface area contributed by atoms with Crippen molar-refractivity contribution in [1.82, 2.24) is 0 Å². The Morgan fingerprint density at radius 3 is 1.65 bits per heavy atom. The van der Waals surface area contributed by atoms with Crippen molar-refractivity contribution < 1.29 is 19.1 Å². The summed E-state index contributed by atoms with van der Waals surface area (Å²) < 4.78 is 10.8. The predicted octanol–water partition coefficient (Wildman–Crippen LogP) is 8.06. The van der Waals surface area contributed by atoms with Crippen LogP contribution in [0.3, 0.4) is 0 Å². The van der Waals surface area contributed by atoms with Crippen molar-refractivity contribution in [3.63, 3.8) is 0 Å². The zero-order valence-corrected chi connectivity index (χ0v) is 20.5. The number of rotatable bonds is 20. The van der Waals surface area contributed by atoms with E-state index in [-0.39, 0.29) is 18.0 Å². The molecule has 0 atom stereocenters. The maximum absolute atomic E-state index is 11.8. The molecule has 0 amide bonds. The van der Waals surface area contributed by atoms with E-state index in [2.05, 4.69) is 6.92 Å². The van der Waals surface area contributed by atoms with Crippen molar-refractivity contribution in [2.24, 2.45) is 0 Å². The van der Waals surface area contributed by atoms with Gasteiger partial charge in [-0.1, -0.05) is 90.4 Å². The van der Waals surface area contributed by atoms with E-state index in [1.165, 1.54) is 89.9 Å².